The maximum atomic E-state index is 13.3. The van der Waals surface area contributed by atoms with E-state index in [0.29, 0.717) is 19.1 Å². The van der Waals surface area contributed by atoms with Crippen LogP contribution in [0.3, 0.4) is 0 Å². The van der Waals surface area contributed by atoms with Gasteiger partial charge in [-0.05, 0) is 42.7 Å². The number of carbonyl (C=O) groups is 1. The van der Waals surface area contributed by atoms with E-state index in [1.54, 1.807) is 0 Å². The monoisotopic (exact) mass is 426 g/mol. The Bertz CT molecular complexity index is 998. The lowest BCUT2D eigenvalue weighted by molar-refractivity contribution is 0.218. The predicted molar refractivity (Wildman–Crippen MR) is 119 cm³/mol. The predicted octanol–water partition coefficient (Wildman–Crippen LogP) is 3.36. The summed E-state index contributed by atoms with van der Waals surface area (Å²) < 4.78 is 15.5. The van der Waals surface area contributed by atoms with Crippen LogP contribution in [0.25, 0.3) is 11.0 Å². The molecule has 2 aromatic carbocycles. The Kier molecular flexibility index (Phi) is 6.44. The van der Waals surface area contributed by atoms with Crippen LogP contribution in [0.15, 0.2) is 48.5 Å². The van der Waals surface area contributed by atoms with E-state index in [-0.39, 0.29) is 5.82 Å². The van der Waals surface area contributed by atoms with Gasteiger partial charge in [-0.3, -0.25) is 0 Å². The molecule has 30 heavy (non-hydrogen) atoms. The second-order valence-corrected chi connectivity index (χ2v) is 7.98. The van der Waals surface area contributed by atoms with Gasteiger partial charge in [0.2, 0.25) is 5.95 Å². The number of carbonyl (C=O) groups excluding carboxylic acids is 1. The van der Waals surface area contributed by atoms with E-state index in [2.05, 4.69) is 38.8 Å². The first-order valence-corrected chi connectivity index (χ1v) is 10.6. The van der Waals surface area contributed by atoms with Crippen LogP contribution in [0.4, 0.5) is 15.1 Å². The number of rotatable bonds is 7. The molecule has 0 aliphatic carbocycles. The molecule has 4 rings (SSSR count). The Hall–Kier alpha value is -2.71. The highest BCUT2D eigenvalue weighted by Crippen LogP contribution is 2.24. The fraction of sp³-hybridized carbons (Fsp3) is 0.364. The maximum Gasteiger partial charge on any atom is 0.204 e. The van der Waals surface area contributed by atoms with Crippen LogP contribution in [0.2, 0.25) is 0 Å². The largest absolute Gasteiger partial charge is 0.719 e. The van der Waals surface area contributed by atoms with Gasteiger partial charge < -0.3 is 37.5 Å². The Morgan fingerprint density at radius 1 is 1.13 bits per heavy atom. The molecule has 2 heterocycles. The quantitative estimate of drug-likeness (QED) is 0.568. The van der Waals surface area contributed by atoms with Crippen molar-refractivity contribution in [1.82, 2.24) is 19.8 Å². The zero-order valence-corrected chi connectivity index (χ0v) is 17.5. The topological polar surface area (TPSA) is 62.2 Å². The minimum atomic E-state index is -0.397. The molecule has 0 bridgehead atoms. The molecule has 1 aliphatic heterocycles. The lowest BCUT2D eigenvalue weighted by atomic mass is 10.1. The molecule has 6 nitrogen and oxygen atoms in total. The van der Waals surface area contributed by atoms with Gasteiger partial charge in [-0.1, -0.05) is 24.3 Å². The van der Waals surface area contributed by atoms with Crippen molar-refractivity contribution in [2.75, 3.05) is 31.5 Å². The van der Waals surface area contributed by atoms with Gasteiger partial charge in [0, 0.05) is 32.2 Å². The van der Waals surface area contributed by atoms with Gasteiger partial charge in [0.1, 0.15) is 5.82 Å². The Balaban J connectivity index is 1.44. The van der Waals surface area contributed by atoms with Gasteiger partial charge in [0.05, 0.1) is 22.8 Å². The zero-order valence-electron chi connectivity index (χ0n) is 16.7. The third kappa shape index (κ3) is 5.06. The molecule has 0 spiro atoms. The van der Waals surface area contributed by atoms with E-state index < -0.39 is 5.24 Å². The lowest BCUT2D eigenvalue weighted by Gasteiger charge is -2.32. The van der Waals surface area contributed by atoms with Crippen LogP contribution in [0, 0.1) is 5.82 Å². The van der Waals surface area contributed by atoms with Crippen LogP contribution in [0.1, 0.15) is 18.4 Å². The third-order valence-corrected chi connectivity index (χ3v) is 5.67. The van der Waals surface area contributed by atoms with Crippen LogP contribution in [-0.4, -0.2) is 51.9 Å². The number of nitrogens with one attached hydrogen (secondary N) is 2. The summed E-state index contributed by atoms with van der Waals surface area (Å²) in [6, 6.07) is 15.0. The number of halogens is 1. The number of amides is 1. The molecule has 0 unspecified atom stereocenters. The standard InChI is InChI=1S/C22H26FN5OS/c23-17-7-5-16(6-8-17)15-28-20-4-2-1-3-19(20)26-21(28)25-18-9-12-27(13-10-18)14-11-24-22(29)30/h1-8,18H,9-15H2,(H,25,26)(H2,24,29,30)/p-1. The maximum absolute atomic E-state index is 13.3. The fourth-order valence-electron chi connectivity index (χ4n) is 3.92. The minimum Gasteiger partial charge on any atom is -0.719 e. The molecule has 0 atom stereocenters. The SMILES string of the molecule is O=C([S-])NCCN1CCC(Nc2nc3ccccc3n2Cc2ccc(F)cc2)CC1. The van der Waals surface area contributed by atoms with E-state index in [1.165, 1.54) is 12.1 Å². The smallest absolute Gasteiger partial charge is 0.204 e. The lowest BCUT2D eigenvalue weighted by Crippen LogP contribution is -2.42. The van der Waals surface area contributed by atoms with Crippen LogP contribution >= 0.6 is 0 Å². The number of fused-ring (bicyclic) bond motifs is 1. The van der Waals surface area contributed by atoms with Gasteiger partial charge in [-0.25, -0.2) is 9.37 Å². The van der Waals surface area contributed by atoms with Crippen LogP contribution in [-0.2, 0) is 19.2 Å². The number of imidazole rings is 1. The second-order valence-electron chi connectivity index (χ2n) is 7.61. The Morgan fingerprint density at radius 3 is 2.60 bits per heavy atom. The minimum absolute atomic E-state index is 0.230. The molecule has 1 amide bonds. The van der Waals surface area contributed by atoms with E-state index in [9.17, 15) is 9.18 Å². The van der Waals surface area contributed by atoms with Gasteiger partial charge in [0.25, 0.3) is 0 Å². The number of aromatic nitrogens is 2. The Labute approximate surface area is 180 Å². The third-order valence-electron chi connectivity index (χ3n) is 5.53. The molecule has 1 saturated heterocycles. The molecular formula is C22H25FN5OS-. The molecule has 1 fully saturated rings. The summed E-state index contributed by atoms with van der Waals surface area (Å²) in [5.74, 6) is 0.615. The van der Waals surface area contributed by atoms with E-state index in [1.807, 2.05) is 30.3 Å². The fourth-order valence-corrected chi connectivity index (χ4v) is 4.02. The molecule has 3 aromatic rings. The first-order chi connectivity index (χ1) is 14.6. The number of anilines is 1. The van der Waals surface area contributed by atoms with Crippen molar-refractivity contribution in [3.8, 4) is 0 Å². The average molecular weight is 427 g/mol. The summed E-state index contributed by atoms with van der Waals surface area (Å²) in [7, 11) is 0. The second kappa shape index (κ2) is 9.40. The van der Waals surface area contributed by atoms with Crippen molar-refractivity contribution < 1.29 is 9.18 Å². The molecule has 1 aromatic heterocycles. The van der Waals surface area contributed by atoms with Crippen molar-refractivity contribution in [2.45, 2.75) is 25.4 Å². The Morgan fingerprint density at radius 2 is 1.87 bits per heavy atom. The highest BCUT2D eigenvalue weighted by atomic mass is 32.1. The summed E-state index contributed by atoms with van der Waals surface area (Å²) >= 11 is 4.52. The van der Waals surface area contributed by atoms with Crippen LogP contribution < -0.4 is 10.6 Å². The van der Waals surface area contributed by atoms with E-state index >= 15 is 0 Å². The van der Waals surface area contributed by atoms with Gasteiger partial charge in [-0.2, -0.15) is 0 Å². The molecule has 1 aliphatic rings. The summed E-state index contributed by atoms with van der Waals surface area (Å²) in [6.45, 7) is 3.96. The number of para-hydroxylation sites is 2. The van der Waals surface area contributed by atoms with Crippen molar-refractivity contribution in [2.24, 2.45) is 0 Å². The van der Waals surface area contributed by atoms with Crippen molar-refractivity contribution >= 4 is 34.8 Å². The first-order valence-electron chi connectivity index (χ1n) is 10.2. The number of nitrogens with zero attached hydrogens (tertiary/aromatic N) is 3. The van der Waals surface area contributed by atoms with E-state index in [4.69, 9.17) is 4.98 Å². The summed E-state index contributed by atoms with van der Waals surface area (Å²) in [5.41, 5.74) is 3.03. The highest BCUT2D eigenvalue weighted by molar-refractivity contribution is 7.76. The summed E-state index contributed by atoms with van der Waals surface area (Å²) in [5, 5.41) is 5.91. The molecule has 0 saturated carbocycles. The van der Waals surface area contributed by atoms with E-state index in [0.717, 1.165) is 55.0 Å². The molecule has 0 radical (unpaired) electrons. The van der Waals surface area contributed by atoms with Gasteiger partial charge >= 0.3 is 0 Å². The molecule has 2 N–H and O–H groups in total. The normalized spacial score (nSPS) is 15.4. The van der Waals surface area contributed by atoms with Crippen molar-refractivity contribution in [3.05, 3.63) is 59.9 Å². The molecule has 8 heteroatoms. The average Bonchev–Trinajstić information content (AvgIpc) is 3.08. The molecular weight excluding hydrogens is 401 g/mol. The van der Waals surface area contributed by atoms with Gasteiger partial charge in [0.15, 0.2) is 0 Å². The number of hydrogen-bond acceptors (Lipinski definition) is 5. The van der Waals surface area contributed by atoms with Crippen molar-refractivity contribution in [1.29, 1.82) is 0 Å². The number of hydrogen-bond donors (Lipinski definition) is 2. The number of piperidine rings is 1. The first kappa shape index (κ1) is 20.6. The van der Waals surface area contributed by atoms with Crippen LogP contribution in [0.5, 0.6) is 0 Å². The molecule has 158 valence electrons. The number of likely N-dealkylation sites (tertiary alicyclic amines) is 1. The summed E-state index contributed by atoms with van der Waals surface area (Å²) in [4.78, 5) is 18.0. The summed E-state index contributed by atoms with van der Waals surface area (Å²) in [6.07, 6.45) is 2.00. The van der Waals surface area contributed by atoms with Crippen molar-refractivity contribution in [3.63, 3.8) is 0 Å². The van der Waals surface area contributed by atoms with Gasteiger partial charge in [-0.15, -0.1) is 0 Å². The number of benzene rings is 2. The zero-order chi connectivity index (χ0) is 20.9. The highest BCUT2D eigenvalue weighted by Gasteiger charge is 2.21.